The van der Waals surface area contributed by atoms with Crippen LogP contribution in [0.5, 0.6) is 0 Å². The highest BCUT2D eigenvalue weighted by atomic mass is 16.5. The van der Waals surface area contributed by atoms with Gasteiger partial charge in [-0.1, -0.05) is 45.4 Å². The number of amides is 1. The number of aliphatic carboxylic acids is 1. The molecule has 0 rings (SSSR count). The van der Waals surface area contributed by atoms with Crippen LogP contribution in [0.4, 0.5) is 0 Å². The van der Waals surface area contributed by atoms with Gasteiger partial charge in [0.1, 0.15) is 6.61 Å². The number of ether oxygens (including phenoxy) is 1. The third kappa shape index (κ3) is 14.8. The van der Waals surface area contributed by atoms with E-state index in [-0.39, 0.29) is 19.1 Å². The SMILES string of the molecule is CCCCCCCCCC(=O)NCCOCC(=O)O. The van der Waals surface area contributed by atoms with Crippen molar-refractivity contribution >= 4 is 11.9 Å². The summed E-state index contributed by atoms with van der Waals surface area (Å²) in [5.74, 6) is -0.970. The van der Waals surface area contributed by atoms with Crippen LogP contribution in [-0.2, 0) is 14.3 Å². The average Bonchev–Trinajstić information content (AvgIpc) is 2.37. The number of hydrogen-bond donors (Lipinski definition) is 2. The molecule has 112 valence electrons. The fourth-order valence-electron chi connectivity index (χ4n) is 1.75. The van der Waals surface area contributed by atoms with Crippen LogP contribution in [0.3, 0.4) is 0 Å². The van der Waals surface area contributed by atoms with E-state index in [4.69, 9.17) is 9.84 Å². The van der Waals surface area contributed by atoms with E-state index < -0.39 is 5.97 Å². The maximum absolute atomic E-state index is 11.4. The molecule has 0 aliphatic carbocycles. The zero-order chi connectivity index (χ0) is 14.3. The monoisotopic (exact) mass is 273 g/mol. The van der Waals surface area contributed by atoms with Gasteiger partial charge in [0.25, 0.3) is 0 Å². The minimum absolute atomic E-state index is 0.0208. The summed E-state index contributed by atoms with van der Waals surface area (Å²) in [6, 6.07) is 0. The van der Waals surface area contributed by atoms with Gasteiger partial charge in [0.05, 0.1) is 6.61 Å². The van der Waals surface area contributed by atoms with Crippen molar-refractivity contribution in [1.82, 2.24) is 5.32 Å². The molecule has 0 aromatic rings. The van der Waals surface area contributed by atoms with E-state index in [2.05, 4.69) is 12.2 Å². The summed E-state index contributed by atoms with van der Waals surface area (Å²) < 4.78 is 4.81. The highest BCUT2D eigenvalue weighted by Gasteiger charge is 2.01. The Hall–Kier alpha value is -1.10. The number of rotatable bonds is 13. The van der Waals surface area contributed by atoms with E-state index in [1.165, 1.54) is 32.1 Å². The van der Waals surface area contributed by atoms with Crippen LogP contribution in [-0.4, -0.2) is 36.7 Å². The molecule has 0 aromatic heterocycles. The van der Waals surface area contributed by atoms with Crippen molar-refractivity contribution in [2.45, 2.75) is 58.3 Å². The lowest BCUT2D eigenvalue weighted by molar-refractivity contribution is -0.142. The van der Waals surface area contributed by atoms with Crippen LogP contribution in [0.1, 0.15) is 58.3 Å². The predicted molar refractivity (Wildman–Crippen MR) is 74.1 cm³/mol. The molecule has 0 heterocycles. The molecule has 0 aliphatic rings. The van der Waals surface area contributed by atoms with Crippen molar-refractivity contribution in [3.63, 3.8) is 0 Å². The lowest BCUT2D eigenvalue weighted by Gasteiger charge is -2.05. The molecule has 5 nitrogen and oxygen atoms in total. The van der Waals surface area contributed by atoms with E-state index in [0.717, 1.165) is 12.8 Å². The summed E-state index contributed by atoms with van der Waals surface area (Å²) in [7, 11) is 0. The van der Waals surface area contributed by atoms with E-state index in [0.29, 0.717) is 13.0 Å². The lowest BCUT2D eigenvalue weighted by atomic mass is 10.1. The van der Waals surface area contributed by atoms with Crippen molar-refractivity contribution in [3.05, 3.63) is 0 Å². The van der Waals surface area contributed by atoms with E-state index >= 15 is 0 Å². The van der Waals surface area contributed by atoms with Gasteiger partial charge in [0.2, 0.25) is 5.91 Å². The molecule has 0 saturated heterocycles. The molecule has 2 N–H and O–H groups in total. The molecule has 19 heavy (non-hydrogen) atoms. The van der Waals surface area contributed by atoms with Crippen LogP contribution >= 0.6 is 0 Å². The van der Waals surface area contributed by atoms with Gasteiger partial charge in [0.15, 0.2) is 0 Å². The standard InChI is InChI=1S/C14H27NO4/c1-2-3-4-5-6-7-8-9-13(16)15-10-11-19-12-14(17)18/h2-12H2,1H3,(H,15,16)(H,17,18). The zero-order valence-electron chi connectivity index (χ0n) is 12.0. The van der Waals surface area contributed by atoms with Gasteiger partial charge in [-0.2, -0.15) is 0 Å². The molecule has 0 spiro atoms. The second kappa shape index (κ2) is 13.3. The minimum Gasteiger partial charge on any atom is -0.480 e. The van der Waals surface area contributed by atoms with Crippen LogP contribution < -0.4 is 5.32 Å². The van der Waals surface area contributed by atoms with Crippen molar-refractivity contribution in [1.29, 1.82) is 0 Å². The fourth-order valence-corrected chi connectivity index (χ4v) is 1.75. The first-order chi connectivity index (χ1) is 9.16. The Balaban J connectivity index is 3.19. The summed E-state index contributed by atoms with van der Waals surface area (Å²) >= 11 is 0. The number of unbranched alkanes of at least 4 members (excludes halogenated alkanes) is 6. The van der Waals surface area contributed by atoms with Gasteiger partial charge in [0, 0.05) is 13.0 Å². The van der Waals surface area contributed by atoms with Gasteiger partial charge in [-0.25, -0.2) is 4.79 Å². The Kier molecular flexibility index (Phi) is 12.6. The highest BCUT2D eigenvalue weighted by Crippen LogP contribution is 2.08. The molecular formula is C14H27NO4. The highest BCUT2D eigenvalue weighted by molar-refractivity contribution is 5.75. The fraction of sp³-hybridized carbons (Fsp3) is 0.857. The molecule has 5 heteroatoms. The van der Waals surface area contributed by atoms with Gasteiger partial charge in [-0.05, 0) is 6.42 Å². The van der Waals surface area contributed by atoms with Crippen LogP contribution in [0.15, 0.2) is 0 Å². The zero-order valence-corrected chi connectivity index (χ0v) is 12.0. The topological polar surface area (TPSA) is 75.6 Å². The molecule has 0 radical (unpaired) electrons. The Bertz CT molecular complexity index is 244. The molecule has 0 unspecified atom stereocenters. The molecular weight excluding hydrogens is 246 g/mol. The molecule has 1 amide bonds. The van der Waals surface area contributed by atoms with E-state index in [9.17, 15) is 9.59 Å². The van der Waals surface area contributed by atoms with Crippen molar-refractivity contribution in [2.75, 3.05) is 19.8 Å². The average molecular weight is 273 g/mol. The molecule has 0 aromatic carbocycles. The number of nitrogens with one attached hydrogen (secondary N) is 1. The second-order valence-electron chi connectivity index (χ2n) is 4.67. The maximum atomic E-state index is 11.4. The summed E-state index contributed by atoms with van der Waals surface area (Å²) in [6.07, 6.45) is 8.90. The Morgan fingerprint density at radius 1 is 1.05 bits per heavy atom. The van der Waals surface area contributed by atoms with E-state index in [1.54, 1.807) is 0 Å². The summed E-state index contributed by atoms with van der Waals surface area (Å²) in [5, 5.41) is 11.0. The largest absolute Gasteiger partial charge is 0.480 e. The van der Waals surface area contributed by atoms with Gasteiger partial charge in [-0.15, -0.1) is 0 Å². The quantitative estimate of drug-likeness (QED) is 0.505. The number of carboxylic acids is 1. The number of carboxylic acid groups (broad SMARTS) is 1. The maximum Gasteiger partial charge on any atom is 0.329 e. The minimum atomic E-state index is -0.991. The Morgan fingerprint density at radius 2 is 1.68 bits per heavy atom. The van der Waals surface area contributed by atoms with Crippen molar-refractivity contribution < 1.29 is 19.4 Å². The third-order valence-corrected chi connectivity index (χ3v) is 2.80. The smallest absolute Gasteiger partial charge is 0.329 e. The second-order valence-corrected chi connectivity index (χ2v) is 4.67. The van der Waals surface area contributed by atoms with Gasteiger partial charge in [-0.3, -0.25) is 4.79 Å². The van der Waals surface area contributed by atoms with E-state index in [1.807, 2.05) is 0 Å². The normalized spacial score (nSPS) is 10.4. The molecule has 0 saturated carbocycles. The van der Waals surface area contributed by atoms with Crippen LogP contribution in [0, 0.1) is 0 Å². The Labute approximate surface area is 115 Å². The molecule has 0 atom stereocenters. The number of hydrogen-bond acceptors (Lipinski definition) is 3. The van der Waals surface area contributed by atoms with Gasteiger partial charge < -0.3 is 15.2 Å². The summed E-state index contributed by atoms with van der Waals surface area (Å²) in [6.45, 7) is 2.51. The number of carbonyl (C=O) groups is 2. The molecule has 0 fully saturated rings. The number of carbonyl (C=O) groups excluding carboxylic acids is 1. The predicted octanol–water partition coefficient (Wildman–Crippen LogP) is 2.34. The van der Waals surface area contributed by atoms with Crippen LogP contribution in [0.2, 0.25) is 0 Å². The summed E-state index contributed by atoms with van der Waals surface area (Å²) in [5.41, 5.74) is 0. The van der Waals surface area contributed by atoms with Crippen molar-refractivity contribution in [2.24, 2.45) is 0 Å². The first-order valence-corrected chi connectivity index (χ1v) is 7.23. The first kappa shape index (κ1) is 17.9. The summed E-state index contributed by atoms with van der Waals surface area (Å²) in [4.78, 5) is 21.5. The van der Waals surface area contributed by atoms with Gasteiger partial charge >= 0.3 is 5.97 Å². The first-order valence-electron chi connectivity index (χ1n) is 7.23. The van der Waals surface area contributed by atoms with Crippen LogP contribution in [0.25, 0.3) is 0 Å². The lowest BCUT2D eigenvalue weighted by Crippen LogP contribution is -2.27. The third-order valence-electron chi connectivity index (χ3n) is 2.80. The Morgan fingerprint density at radius 3 is 2.32 bits per heavy atom. The molecule has 0 aliphatic heterocycles. The molecule has 0 bridgehead atoms. The van der Waals surface area contributed by atoms with Crippen molar-refractivity contribution in [3.8, 4) is 0 Å².